The molecule has 3 rings (SSSR count). The predicted octanol–water partition coefficient (Wildman–Crippen LogP) is 2.27. The lowest BCUT2D eigenvalue weighted by Crippen LogP contribution is -2.31. The number of rotatable bonds is 4. The van der Waals surface area contributed by atoms with Gasteiger partial charge in [-0.2, -0.15) is 4.98 Å². The van der Waals surface area contributed by atoms with Crippen LogP contribution in [0.2, 0.25) is 0 Å². The molecule has 3 heterocycles. The monoisotopic (exact) mass is 333 g/mol. The van der Waals surface area contributed by atoms with E-state index in [0.29, 0.717) is 5.88 Å². The highest BCUT2D eigenvalue weighted by atomic mass is 32.1. The molecule has 7 heteroatoms. The summed E-state index contributed by atoms with van der Waals surface area (Å²) >= 11 is 1.72. The van der Waals surface area contributed by atoms with Gasteiger partial charge in [0.1, 0.15) is 0 Å². The first-order valence-corrected chi connectivity index (χ1v) is 8.80. The average Bonchev–Trinajstić information content (AvgIpc) is 2.80. The van der Waals surface area contributed by atoms with Crippen molar-refractivity contribution < 1.29 is 4.74 Å². The smallest absolute Gasteiger partial charge is 0.228 e. The number of aryl methyl sites for hydroxylation is 2. The lowest BCUT2D eigenvalue weighted by atomic mass is 10.3. The van der Waals surface area contributed by atoms with Crippen molar-refractivity contribution in [1.82, 2.24) is 19.9 Å². The van der Waals surface area contributed by atoms with Crippen LogP contribution in [0.5, 0.6) is 5.88 Å². The molecular weight excluding hydrogens is 310 g/mol. The van der Waals surface area contributed by atoms with Crippen LogP contribution in [0.1, 0.15) is 22.8 Å². The number of hydrogen-bond donors (Lipinski definition) is 0. The Labute approximate surface area is 141 Å². The Morgan fingerprint density at radius 3 is 2.74 bits per heavy atom. The highest BCUT2D eigenvalue weighted by Crippen LogP contribution is 2.18. The molecule has 0 aliphatic carbocycles. The minimum atomic E-state index is 0.631. The van der Waals surface area contributed by atoms with Crippen LogP contribution in [-0.4, -0.2) is 53.1 Å². The van der Waals surface area contributed by atoms with Crippen molar-refractivity contribution >= 4 is 17.3 Å². The van der Waals surface area contributed by atoms with E-state index in [2.05, 4.69) is 37.1 Å². The fraction of sp³-hybridized carbons (Fsp3) is 0.562. The molecule has 0 bridgehead atoms. The molecule has 2 aromatic rings. The van der Waals surface area contributed by atoms with Gasteiger partial charge in [-0.25, -0.2) is 9.97 Å². The van der Waals surface area contributed by atoms with Crippen molar-refractivity contribution in [3.63, 3.8) is 0 Å². The summed E-state index contributed by atoms with van der Waals surface area (Å²) in [4.78, 5) is 18.3. The zero-order chi connectivity index (χ0) is 16.2. The number of hydrogen-bond acceptors (Lipinski definition) is 7. The number of anilines is 1. The Morgan fingerprint density at radius 1 is 1.13 bits per heavy atom. The second kappa shape index (κ2) is 7.23. The van der Waals surface area contributed by atoms with Crippen LogP contribution in [0.15, 0.2) is 11.4 Å². The van der Waals surface area contributed by atoms with Crippen molar-refractivity contribution in [1.29, 1.82) is 0 Å². The fourth-order valence-electron chi connectivity index (χ4n) is 2.81. The molecule has 0 unspecified atom stereocenters. The molecule has 1 aliphatic rings. The molecule has 1 fully saturated rings. The molecule has 0 radical (unpaired) electrons. The molecule has 0 spiro atoms. The molecule has 1 saturated heterocycles. The maximum absolute atomic E-state index is 5.26. The van der Waals surface area contributed by atoms with Gasteiger partial charge in [0.25, 0.3) is 0 Å². The maximum atomic E-state index is 5.26. The van der Waals surface area contributed by atoms with E-state index in [1.165, 1.54) is 5.69 Å². The summed E-state index contributed by atoms with van der Waals surface area (Å²) in [5.41, 5.74) is 2.11. The number of ether oxygens (including phenoxy) is 1. The van der Waals surface area contributed by atoms with E-state index in [1.54, 1.807) is 18.4 Å². The minimum absolute atomic E-state index is 0.631. The topological polar surface area (TPSA) is 54.4 Å². The van der Waals surface area contributed by atoms with Crippen LogP contribution in [-0.2, 0) is 6.54 Å². The molecule has 23 heavy (non-hydrogen) atoms. The molecule has 1 aliphatic heterocycles. The second-order valence-corrected chi connectivity index (χ2v) is 6.89. The molecule has 6 nitrogen and oxygen atoms in total. The van der Waals surface area contributed by atoms with Crippen LogP contribution < -0.4 is 9.64 Å². The van der Waals surface area contributed by atoms with Gasteiger partial charge in [-0.1, -0.05) is 0 Å². The highest BCUT2D eigenvalue weighted by Gasteiger charge is 2.18. The van der Waals surface area contributed by atoms with Crippen LogP contribution in [0, 0.1) is 13.8 Å². The fourth-order valence-corrected chi connectivity index (χ4v) is 3.41. The lowest BCUT2D eigenvalue weighted by molar-refractivity contribution is 0.282. The number of aromatic nitrogens is 3. The van der Waals surface area contributed by atoms with Crippen molar-refractivity contribution in [3.8, 4) is 5.88 Å². The summed E-state index contributed by atoms with van der Waals surface area (Å²) < 4.78 is 5.26. The Balaban J connectivity index is 1.65. The molecule has 124 valence electrons. The third-order valence-electron chi connectivity index (χ3n) is 3.95. The first-order chi connectivity index (χ1) is 11.1. The molecule has 0 aromatic carbocycles. The predicted molar refractivity (Wildman–Crippen MR) is 92.3 cm³/mol. The lowest BCUT2D eigenvalue weighted by Gasteiger charge is -2.22. The van der Waals surface area contributed by atoms with Gasteiger partial charge in [0, 0.05) is 49.9 Å². The molecule has 0 amide bonds. The SMILES string of the molecule is COc1cc(C)nc(N2CCCN(Cc3csc(C)n3)CC2)n1. The van der Waals surface area contributed by atoms with Gasteiger partial charge in [0.15, 0.2) is 0 Å². The molecular formula is C16H23N5OS. The molecule has 0 atom stereocenters. The Kier molecular flexibility index (Phi) is 5.07. The Morgan fingerprint density at radius 2 is 2.00 bits per heavy atom. The number of nitrogens with zero attached hydrogens (tertiary/aromatic N) is 5. The van der Waals surface area contributed by atoms with Gasteiger partial charge in [-0.05, 0) is 20.3 Å². The normalized spacial score (nSPS) is 16.4. The van der Waals surface area contributed by atoms with Gasteiger partial charge in [-0.3, -0.25) is 4.90 Å². The van der Waals surface area contributed by atoms with Gasteiger partial charge in [0.05, 0.1) is 17.8 Å². The molecule has 2 aromatic heterocycles. The van der Waals surface area contributed by atoms with E-state index in [9.17, 15) is 0 Å². The minimum Gasteiger partial charge on any atom is -0.481 e. The Hall–Kier alpha value is -1.73. The maximum Gasteiger partial charge on any atom is 0.228 e. The number of thiazole rings is 1. The largest absolute Gasteiger partial charge is 0.481 e. The quantitative estimate of drug-likeness (QED) is 0.855. The van der Waals surface area contributed by atoms with E-state index >= 15 is 0 Å². The van der Waals surface area contributed by atoms with E-state index in [0.717, 1.165) is 55.8 Å². The van der Waals surface area contributed by atoms with Crippen LogP contribution in [0.3, 0.4) is 0 Å². The third-order valence-corrected chi connectivity index (χ3v) is 4.77. The molecule has 0 saturated carbocycles. The average molecular weight is 333 g/mol. The van der Waals surface area contributed by atoms with Gasteiger partial charge < -0.3 is 9.64 Å². The summed E-state index contributed by atoms with van der Waals surface area (Å²) in [5, 5.41) is 3.30. The second-order valence-electron chi connectivity index (χ2n) is 5.83. The first kappa shape index (κ1) is 16.1. The van der Waals surface area contributed by atoms with Crippen LogP contribution in [0.25, 0.3) is 0 Å². The summed E-state index contributed by atoms with van der Waals surface area (Å²) in [6.07, 6.45) is 1.10. The Bertz CT molecular complexity index is 660. The summed E-state index contributed by atoms with van der Waals surface area (Å²) in [7, 11) is 1.64. The van der Waals surface area contributed by atoms with E-state index < -0.39 is 0 Å². The molecule has 0 N–H and O–H groups in total. The number of methoxy groups -OCH3 is 1. The van der Waals surface area contributed by atoms with Gasteiger partial charge in [-0.15, -0.1) is 11.3 Å². The zero-order valence-corrected chi connectivity index (χ0v) is 14.8. The zero-order valence-electron chi connectivity index (χ0n) is 13.9. The van der Waals surface area contributed by atoms with Crippen molar-refractivity contribution in [2.75, 3.05) is 38.2 Å². The van der Waals surface area contributed by atoms with Crippen molar-refractivity contribution in [3.05, 3.63) is 27.8 Å². The highest BCUT2D eigenvalue weighted by molar-refractivity contribution is 7.09. The van der Waals surface area contributed by atoms with Crippen LogP contribution >= 0.6 is 11.3 Å². The summed E-state index contributed by atoms with van der Waals surface area (Å²) in [6.45, 7) is 8.93. The van der Waals surface area contributed by atoms with Crippen LogP contribution in [0.4, 0.5) is 5.95 Å². The van der Waals surface area contributed by atoms with Gasteiger partial charge >= 0.3 is 0 Å². The van der Waals surface area contributed by atoms with Crippen molar-refractivity contribution in [2.24, 2.45) is 0 Å². The van der Waals surface area contributed by atoms with Gasteiger partial charge in [0.2, 0.25) is 11.8 Å². The summed E-state index contributed by atoms with van der Waals surface area (Å²) in [6, 6.07) is 1.86. The van der Waals surface area contributed by atoms with Crippen molar-refractivity contribution in [2.45, 2.75) is 26.8 Å². The first-order valence-electron chi connectivity index (χ1n) is 7.92. The standard InChI is InChI=1S/C16H23N5OS/c1-12-9-15(22-3)19-16(17-12)21-6-4-5-20(7-8-21)10-14-11-23-13(2)18-14/h9,11H,4-8,10H2,1-3H3. The van der Waals surface area contributed by atoms with E-state index in [-0.39, 0.29) is 0 Å². The van der Waals surface area contributed by atoms with E-state index in [1.807, 2.05) is 13.0 Å². The van der Waals surface area contributed by atoms with E-state index in [4.69, 9.17) is 4.74 Å². The summed E-state index contributed by atoms with van der Waals surface area (Å²) in [5.74, 6) is 1.40. The third kappa shape index (κ3) is 4.17.